The maximum atomic E-state index is 14.4. The smallest absolute Gasteiger partial charge is 0.340 e. The molecule has 2 atom stereocenters. The third-order valence-corrected chi connectivity index (χ3v) is 4.83. The van der Waals surface area contributed by atoms with E-state index in [0.717, 1.165) is 19.4 Å². The van der Waals surface area contributed by atoms with Gasteiger partial charge >= 0.3 is 5.97 Å². The Balaban J connectivity index is 1.99. The van der Waals surface area contributed by atoms with Gasteiger partial charge in [-0.15, -0.1) is 0 Å². The van der Waals surface area contributed by atoms with Crippen LogP contribution in [0.25, 0.3) is 0 Å². The lowest BCUT2D eigenvalue weighted by atomic mass is 9.91. The van der Waals surface area contributed by atoms with E-state index in [9.17, 15) is 9.18 Å². The molecule has 0 bridgehead atoms. The standard InChI is InChI=1S/C16H21FN2O2/c1-21-16(20)11-8-15(12(17)9-13(11)18)19-7-3-5-10-4-2-6-14(10)19/h8-10,14H,2-7,18H2,1H3. The van der Waals surface area contributed by atoms with Crippen LogP contribution in [-0.2, 0) is 4.74 Å². The lowest BCUT2D eigenvalue weighted by Gasteiger charge is -2.39. The average molecular weight is 292 g/mol. The fourth-order valence-electron chi connectivity index (χ4n) is 3.84. The molecule has 3 rings (SSSR count). The first-order chi connectivity index (χ1) is 10.1. The van der Waals surface area contributed by atoms with Crippen molar-refractivity contribution < 1.29 is 13.9 Å². The van der Waals surface area contributed by atoms with Crippen molar-refractivity contribution in [2.24, 2.45) is 5.92 Å². The first kappa shape index (κ1) is 14.2. The number of nitrogen functional groups attached to an aromatic ring is 1. The Morgan fingerprint density at radius 3 is 2.86 bits per heavy atom. The van der Waals surface area contributed by atoms with Crippen molar-refractivity contribution >= 4 is 17.3 Å². The molecule has 21 heavy (non-hydrogen) atoms. The summed E-state index contributed by atoms with van der Waals surface area (Å²) in [4.78, 5) is 13.9. The number of hydrogen-bond acceptors (Lipinski definition) is 4. The molecule has 1 aromatic carbocycles. The van der Waals surface area contributed by atoms with Crippen LogP contribution in [0.2, 0.25) is 0 Å². The second-order valence-corrected chi connectivity index (χ2v) is 5.98. The third kappa shape index (κ3) is 2.45. The second-order valence-electron chi connectivity index (χ2n) is 5.98. The normalized spacial score (nSPS) is 24.8. The molecule has 0 aromatic heterocycles. The van der Waals surface area contributed by atoms with E-state index in [4.69, 9.17) is 10.5 Å². The predicted molar refractivity (Wildman–Crippen MR) is 79.9 cm³/mol. The molecule has 0 radical (unpaired) electrons. The molecule has 2 N–H and O–H groups in total. The first-order valence-corrected chi connectivity index (χ1v) is 7.55. The van der Waals surface area contributed by atoms with E-state index in [1.165, 1.54) is 32.4 Å². The zero-order chi connectivity index (χ0) is 15.0. The summed E-state index contributed by atoms with van der Waals surface area (Å²) in [5, 5.41) is 0. The minimum atomic E-state index is -0.520. The van der Waals surface area contributed by atoms with E-state index in [1.54, 1.807) is 6.07 Å². The van der Waals surface area contributed by atoms with Crippen LogP contribution in [0.1, 0.15) is 42.5 Å². The number of hydrogen-bond donors (Lipinski definition) is 1. The summed E-state index contributed by atoms with van der Waals surface area (Å²) in [6.45, 7) is 0.836. The number of fused-ring (bicyclic) bond motifs is 1. The monoisotopic (exact) mass is 292 g/mol. The van der Waals surface area contributed by atoms with E-state index >= 15 is 0 Å². The Hall–Kier alpha value is -1.78. The summed E-state index contributed by atoms with van der Waals surface area (Å²) in [6, 6.07) is 3.18. The van der Waals surface area contributed by atoms with Crippen LogP contribution in [-0.4, -0.2) is 25.7 Å². The highest BCUT2D eigenvalue weighted by Gasteiger charge is 2.36. The van der Waals surface area contributed by atoms with E-state index in [-0.39, 0.29) is 17.1 Å². The highest BCUT2D eigenvalue weighted by atomic mass is 19.1. The predicted octanol–water partition coefficient (Wildman–Crippen LogP) is 2.96. The number of piperidine rings is 1. The Labute approximate surface area is 124 Å². The van der Waals surface area contributed by atoms with E-state index in [2.05, 4.69) is 4.90 Å². The summed E-state index contributed by atoms with van der Waals surface area (Å²) >= 11 is 0. The lowest BCUT2D eigenvalue weighted by Crippen LogP contribution is -2.43. The fraction of sp³-hybridized carbons (Fsp3) is 0.562. The highest BCUT2D eigenvalue weighted by Crippen LogP contribution is 2.40. The number of ether oxygens (including phenoxy) is 1. The molecule has 1 saturated heterocycles. The summed E-state index contributed by atoms with van der Waals surface area (Å²) in [5.41, 5.74) is 6.60. The van der Waals surface area contributed by atoms with E-state index < -0.39 is 5.97 Å². The van der Waals surface area contributed by atoms with Crippen molar-refractivity contribution in [2.45, 2.75) is 38.1 Å². The molecule has 1 aliphatic heterocycles. The van der Waals surface area contributed by atoms with Crippen LogP contribution in [0.3, 0.4) is 0 Å². The minimum absolute atomic E-state index is 0.128. The topological polar surface area (TPSA) is 55.6 Å². The van der Waals surface area contributed by atoms with Gasteiger partial charge in [0.15, 0.2) is 0 Å². The Bertz CT molecular complexity index is 561. The van der Waals surface area contributed by atoms with Gasteiger partial charge in [0.1, 0.15) is 5.82 Å². The van der Waals surface area contributed by atoms with Crippen LogP contribution < -0.4 is 10.6 Å². The van der Waals surface area contributed by atoms with Crippen LogP contribution in [0, 0.1) is 11.7 Å². The minimum Gasteiger partial charge on any atom is -0.465 e. The molecule has 2 fully saturated rings. The highest BCUT2D eigenvalue weighted by molar-refractivity contribution is 5.96. The Morgan fingerprint density at radius 2 is 2.10 bits per heavy atom. The van der Waals surface area contributed by atoms with Gasteiger partial charge in [-0.3, -0.25) is 0 Å². The van der Waals surface area contributed by atoms with Crippen LogP contribution >= 0.6 is 0 Å². The number of nitrogens with two attached hydrogens (primary N) is 1. The van der Waals surface area contributed by atoms with Crippen LogP contribution in [0.5, 0.6) is 0 Å². The SMILES string of the molecule is COC(=O)c1cc(N2CCCC3CCCC32)c(F)cc1N. The van der Waals surface area contributed by atoms with Gasteiger partial charge < -0.3 is 15.4 Å². The van der Waals surface area contributed by atoms with Gasteiger partial charge in [0.2, 0.25) is 0 Å². The number of rotatable bonds is 2. The largest absolute Gasteiger partial charge is 0.465 e. The molecular weight excluding hydrogens is 271 g/mol. The van der Waals surface area contributed by atoms with Gasteiger partial charge in [-0.1, -0.05) is 6.42 Å². The molecule has 2 unspecified atom stereocenters. The second kappa shape index (κ2) is 5.54. The van der Waals surface area contributed by atoms with Crippen LogP contribution in [0.15, 0.2) is 12.1 Å². The summed E-state index contributed by atoms with van der Waals surface area (Å²) in [7, 11) is 1.30. The fourth-order valence-corrected chi connectivity index (χ4v) is 3.84. The van der Waals surface area contributed by atoms with E-state index in [1.807, 2.05) is 0 Å². The summed E-state index contributed by atoms with van der Waals surface area (Å²) < 4.78 is 19.1. The van der Waals surface area contributed by atoms with Gasteiger partial charge in [-0.05, 0) is 43.7 Å². The van der Waals surface area contributed by atoms with Crippen molar-refractivity contribution in [3.8, 4) is 0 Å². The molecule has 0 amide bonds. The summed E-state index contributed by atoms with van der Waals surface area (Å²) in [6.07, 6.45) is 5.82. The van der Waals surface area contributed by atoms with Crippen molar-refractivity contribution in [2.75, 3.05) is 24.3 Å². The first-order valence-electron chi connectivity index (χ1n) is 7.55. The molecule has 0 spiro atoms. The third-order valence-electron chi connectivity index (χ3n) is 4.83. The number of carbonyl (C=O) groups excluding carboxylic acids is 1. The van der Waals surface area contributed by atoms with Gasteiger partial charge in [0.25, 0.3) is 0 Å². The van der Waals surface area contributed by atoms with Gasteiger partial charge in [0.05, 0.1) is 18.4 Å². The van der Waals surface area contributed by atoms with Gasteiger partial charge in [0, 0.05) is 18.3 Å². The Morgan fingerprint density at radius 1 is 1.33 bits per heavy atom. The van der Waals surface area contributed by atoms with E-state index in [0.29, 0.717) is 17.6 Å². The number of nitrogens with zero attached hydrogens (tertiary/aromatic N) is 1. The number of methoxy groups -OCH3 is 1. The molecule has 1 heterocycles. The molecule has 5 heteroatoms. The molecule has 4 nitrogen and oxygen atoms in total. The Kier molecular flexibility index (Phi) is 3.74. The maximum Gasteiger partial charge on any atom is 0.340 e. The number of benzene rings is 1. The lowest BCUT2D eigenvalue weighted by molar-refractivity contribution is 0.0602. The number of esters is 1. The van der Waals surface area contributed by atoms with Crippen molar-refractivity contribution in [3.63, 3.8) is 0 Å². The van der Waals surface area contributed by atoms with Crippen molar-refractivity contribution in [3.05, 3.63) is 23.5 Å². The summed E-state index contributed by atoms with van der Waals surface area (Å²) in [5.74, 6) is -0.223. The van der Waals surface area contributed by atoms with Crippen molar-refractivity contribution in [1.82, 2.24) is 0 Å². The molecule has 1 aliphatic carbocycles. The molecule has 1 saturated carbocycles. The number of carbonyl (C=O) groups is 1. The van der Waals surface area contributed by atoms with Crippen molar-refractivity contribution in [1.29, 1.82) is 0 Å². The van der Waals surface area contributed by atoms with Crippen LogP contribution in [0.4, 0.5) is 15.8 Å². The molecule has 114 valence electrons. The molecular formula is C16H21FN2O2. The molecule has 1 aromatic rings. The maximum absolute atomic E-state index is 14.4. The average Bonchev–Trinajstić information content (AvgIpc) is 2.95. The molecule has 2 aliphatic rings. The zero-order valence-corrected chi connectivity index (χ0v) is 12.3. The quantitative estimate of drug-likeness (QED) is 0.672. The number of halogens is 1. The van der Waals surface area contributed by atoms with Gasteiger partial charge in [-0.2, -0.15) is 0 Å². The number of anilines is 2. The zero-order valence-electron chi connectivity index (χ0n) is 12.3. The van der Waals surface area contributed by atoms with Gasteiger partial charge in [-0.25, -0.2) is 9.18 Å².